The Morgan fingerprint density at radius 3 is 2.85 bits per heavy atom. The van der Waals surface area contributed by atoms with Gasteiger partial charge in [0.05, 0.1) is 29.8 Å². The average molecular weight is 351 g/mol. The summed E-state index contributed by atoms with van der Waals surface area (Å²) in [4.78, 5) is 31.5. The topological polar surface area (TPSA) is 71.5 Å². The molecule has 2 unspecified atom stereocenters. The maximum absolute atomic E-state index is 12.9. The van der Waals surface area contributed by atoms with Crippen molar-refractivity contribution in [2.45, 2.75) is 31.4 Å². The van der Waals surface area contributed by atoms with Crippen molar-refractivity contribution in [2.75, 3.05) is 18.1 Å². The number of nitrogens with zero attached hydrogens (tertiary/aromatic N) is 2. The number of para-hydroxylation sites is 1. The highest BCUT2D eigenvalue weighted by Gasteiger charge is 2.39. The number of anilines is 1. The number of fused-ring (bicyclic) bond motifs is 1. The number of amides is 2. The molecule has 1 N–H and O–H groups in total. The summed E-state index contributed by atoms with van der Waals surface area (Å²) < 4.78 is 5.55. The lowest BCUT2D eigenvalue weighted by atomic mass is 10.1. The molecule has 6 heteroatoms. The number of ether oxygens (including phenoxy) is 1. The molecular formula is C20H21N3O3. The van der Waals surface area contributed by atoms with Gasteiger partial charge >= 0.3 is 0 Å². The van der Waals surface area contributed by atoms with E-state index in [9.17, 15) is 9.59 Å². The predicted molar refractivity (Wildman–Crippen MR) is 96.8 cm³/mol. The molecule has 134 valence electrons. The summed E-state index contributed by atoms with van der Waals surface area (Å²) in [5, 5.41) is 2.94. The summed E-state index contributed by atoms with van der Waals surface area (Å²) in [5.41, 5.74) is 1.99. The summed E-state index contributed by atoms with van der Waals surface area (Å²) in [6.45, 7) is 1.27. The van der Waals surface area contributed by atoms with Gasteiger partial charge in [-0.05, 0) is 37.1 Å². The van der Waals surface area contributed by atoms with Crippen LogP contribution in [0.2, 0.25) is 0 Å². The Labute approximate surface area is 152 Å². The number of carbonyl (C=O) groups is 2. The number of hydrogen-bond acceptors (Lipinski definition) is 4. The summed E-state index contributed by atoms with van der Waals surface area (Å²) >= 11 is 0. The van der Waals surface area contributed by atoms with Crippen molar-refractivity contribution in [2.24, 2.45) is 0 Å². The number of benzene rings is 1. The van der Waals surface area contributed by atoms with Crippen LogP contribution in [0.25, 0.3) is 0 Å². The molecule has 2 aromatic rings. The van der Waals surface area contributed by atoms with Crippen LogP contribution in [-0.2, 0) is 9.53 Å². The lowest BCUT2D eigenvalue weighted by Crippen LogP contribution is -2.36. The second kappa shape index (κ2) is 7.25. The lowest BCUT2D eigenvalue weighted by molar-refractivity contribution is -0.121. The Bertz CT molecular complexity index is 803. The molecule has 4 rings (SSSR count). The van der Waals surface area contributed by atoms with Crippen molar-refractivity contribution < 1.29 is 14.3 Å². The SMILES string of the molecule is O=C(CC1c2ncccc2C(=O)N1c1ccccc1)NCC1CCCO1. The molecule has 1 fully saturated rings. The monoisotopic (exact) mass is 351 g/mol. The van der Waals surface area contributed by atoms with Crippen LogP contribution in [-0.4, -0.2) is 36.1 Å². The molecule has 2 aliphatic heterocycles. The third-order valence-corrected chi connectivity index (χ3v) is 4.88. The predicted octanol–water partition coefficient (Wildman–Crippen LogP) is 2.47. The first kappa shape index (κ1) is 16.7. The average Bonchev–Trinajstić information content (AvgIpc) is 3.28. The summed E-state index contributed by atoms with van der Waals surface area (Å²) in [6.07, 6.45) is 3.95. The van der Waals surface area contributed by atoms with Crippen LogP contribution >= 0.6 is 0 Å². The Hall–Kier alpha value is -2.73. The second-order valence-electron chi connectivity index (χ2n) is 6.61. The minimum absolute atomic E-state index is 0.0970. The molecule has 3 heterocycles. The molecular weight excluding hydrogens is 330 g/mol. The van der Waals surface area contributed by atoms with Crippen molar-refractivity contribution in [3.05, 3.63) is 59.9 Å². The van der Waals surface area contributed by atoms with Crippen molar-refractivity contribution in [1.82, 2.24) is 10.3 Å². The number of nitrogens with one attached hydrogen (secondary N) is 1. The van der Waals surface area contributed by atoms with Crippen molar-refractivity contribution >= 4 is 17.5 Å². The maximum Gasteiger partial charge on any atom is 0.260 e. The quantitative estimate of drug-likeness (QED) is 0.898. The minimum atomic E-state index is -0.398. The van der Waals surface area contributed by atoms with E-state index in [1.807, 2.05) is 30.3 Å². The first-order valence-electron chi connectivity index (χ1n) is 8.96. The highest BCUT2D eigenvalue weighted by molar-refractivity contribution is 6.11. The van der Waals surface area contributed by atoms with E-state index < -0.39 is 6.04 Å². The smallest absolute Gasteiger partial charge is 0.260 e. The fraction of sp³-hybridized carbons (Fsp3) is 0.350. The largest absolute Gasteiger partial charge is 0.376 e. The molecule has 0 spiro atoms. The zero-order chi connectivity index (χ0) is 17.9. The van der Waals surface area contributed by atoms with Gasteiger partial charge in [0.2, 0.25) is 5.91 Å². The first-order chi connectivity index (χ1) is 12.7. The molecule has 2 aliphatic rings. The van der Waals surface area contributed by atoms with E-state index in [1.165, 1.54) is 0 Å². The van der Waals surface area contributed by atoms with Gasteiger partial charge in [0.15, 0.2) is 0 Å². The van der Waals surface area contributed by atoms with Crippen molar-refractivity contribution in [1.29, 1.82) is 0 Å². The Kier molecular flexibility index (Phi) is 4.67. The minimum Gasteiger partial charge on any atom is -0.376 e. The highest BCUT2D eigenvalue weighted by atomic mass is 16.5. The van der Waals surface area contributed by atoms with E-state index in [4.69, 9.17) is 4.74 Å². The fourth-order valence-electron chi connectivity index (χ4n) is 3.61. The van der Waals surface area contributed by atoms with Gasteiger partial charge in [-0.25, -0.2) is 0 Å². The number of carbonyl (C=O) groups excluding carboxylic acids is 2. The van der Waals surface area contributed by atoms with Gasteiger partial charge in [-0.3, -0.25) is 19.5 Å². The van der Waals surface area contributed by atoms with Crippen LogP contribution in [0, 0.1) is 0 Å². The lowest BCUT2D eigenvalue weighted by Gasteiger charge is -2.24. The highest BCUT2D eigenvalue weighted by Crippen LogP contribution is 2.38. The summed E-state index contributed by atoms with van der Waals surface area (Å²) in [5.74, 6) is -0.214. The maximum atomic E-state index is 12.9. The van der Waals surface area contributed by atoms with Crippen LogP contribution in [0.4, 0.5) is 5.69 Å². The number of pyridine rings is 1. The number of aromatic nitrogens is 1. The third-order valence-electron chi connectivity index (χ3n) is 4.88. The molecule has 0 saturated carbocycles. The van der Waals surface area contributed by atoms with E-state index in [-0.39, 0.29) is 24.3 Å². The summed E-state index contributed by atoms with van der Waals surface area (Å²) in [6, 6.07) is 12.5. The van der Waals surface area contributed by atoms with Gasteiger partial charge in [0.1, 0.15) is 0 Å². The molecule has 2 amide bonds. The van der Waals surface area contributed by atoms with Crippen LogP contribution in [0.3, 0.4) is 0 Å². The Morgan fingerprint density at radius 2 is 2.08 bits per heavy atom. The molecule has 0 aliphatic carbocycles. The van der Waals surface area contributed by atoms with E-state index in [0.717, 1.165) is 25.1 Å². The van der Waals surface area contributed by atoms with Gasteiger partial charge in [-0.1, -0.05) is 18.2 Å². The van der Waals surface area contributed by atoms with Crippen molar-refractivity contribution in [3.63, 3.8) is 0 Å². The van der Waals surface area contributed by atoms with Crippen LogP contribution < -0.4 is 10.2 Å². The molecule has 0 bridgehead atoms. The fourth-order valence-corrected chi connectivity index (χ4v) is 3.61. The zero-order valence-corrected chi connectivity index (χ0v) is 14.4. The van der Waals surface area contributed by atoms with E-state index in [0.29, 0.717) is 17.8 Å². The van der Waals surface area contributed by atoms with Crippen molar-refractivity contribution in [3.8, 4) is 0 Å². The van der Waals surface area contributed by atoms with Gasteiger partial charge in [0.25, 0.3) is 5.91 Å². The van der Waals surface area contributed by atoms with E-state index >= 15 is 0 Å². The second-order valence-corrected chi connectivity index (χ2v) is 6.61. The summed E-state index contributed by atoms with van der Waals surface area (Å²) in [7, 11) is 0. The number of rotatable bonds is 5. The standard InChI is InChI=1S/C20H21N3O3/c24-18(22-13-15-8-5-11-26-15)12-17-19-16(9-4-10-21-19)20(25)23(17)14-6-2-1-3-7-14/h1-4,6-7,9-10,15,17H,5,8,11-13H2,(H,22,24). The van der Waals surface area contributed by atoms with Gasteiger partial charge in [-0.15, -0.1) is 0 Å². The molecule has 2 atom stereocenters. The van der Waals surface area contributed by atoms with E-state index in [1.54, 1.807) is 23.2 Å². The molecule has 0 radical (unpaired) electrons. The molecule has 1 aromatic carbocycles. The van der Waals surface area contributed by atoms with Gasteiger partial charge < -0.3 is 10.1 Å². The zero-order valence-electron chi connectivity index (χ0n) is 14.4. The van der Waals surface area contributed by atoms with Crippen LogP contribution in [0.15, 0.2) is 48.7 Å². The Balaban J connectivity index is 1.54. The molecule has 6 nitrogen and oxygen atoms in total. The molecule has 1 aromatic heterocycles. The van der Waals surface area contributed by atoms with Crippen LogP contribution in [0.1, 0.15) is 41.4 Å². The number of hydrogen-bond donors (Lipinski definition) is 1. The normalized spacial score (nSPS) is 21.7. The van der Waals surface area contributed by atoms with Gasteiger partial charge in [0, 0.05) is 25.0 Å². The first-order valence-corrected chi connectivity index (χ1v) is 8.96. The van der Waals surface area contributed by atoms with Gasteiger partial charge in [-0.2, -0.15) is 0 Å². The third kappa shape index (κ3) is 3.20. The van der Waals surface area contributed by atoms with Crippen LogP contribution in [0.5, 0.6) is 0 Å². The molecule has 26 heavy (non-hydrogen) atoms. The molecule has 1 saturated heterocycles. The van der Waals surface area contributed by atoms with E-state index in [2.05, 4.69) is 10.3 Å². The Morgan fingerprint density at radius 1 is 1.23 bits per heavy atom.